The van der Waals surface area contributed by atoms with Crippen LogP contribution in [0.2, 0.25) is 0 Å². The van der Waals surface area contributed by atoms with E-state index in [-0.39, 0.29) is 16.8 Å². The van der Waals surface area contributed by atoms with E-state index < -0.39 is 10.0 Å². The second kappa shape index (κ2) is 8.15. The summed E-state index contributed by atoms with van der Waals surface area (Å²) >= 11 is 0. The number of benzene rings is 1. The molecule has 0 radical (unpaired) electrons. The van der Waals surface area contributed by atoms with Crippen LogP contribution in [-0.4, -0.2) is 37.8 Å². The number of hydrogen-bond donors (Lipinski definition) is 1. The number of hydrogen-bond acceptors (Lipinski definition) is 3. The number of sulfonamides is 1. The molecule has 2 saturated carbocycles. The fourth-order valence-corrected chi connectivity index (χ4v) is 7.03. The second-order valence-electron chi connectivity index (χ2n) is 8.94. The van der Waals surface area contributed by atoms with E-state index in [1.54, 1.807) is 28.6 Å². The lowest BCUT2D eigenvalue weighted by Gasteiger charge is -2.28. The molecule has 1 amide bonds. The van der Waals surface area contributed by atoms with Gasteiger partial charge in [0.25, 0.3) is 5.91 Å². The smallest absolute Gasteiger partial charge is 0.251 e. The van der Waals surface area contributed by atoms with Crippen LogP contribution in [0.15, 0.2) is 29.2 Å². The van der Waals surface area contributed by atoms with Crippen LogP contribution in [0.25, 0.3) is 0 Å². The topological polar surface area (TPSA) is 66.5 Å². The molecule has 0 unspecified atom stereocenters. The van der Waals surface area contributed by atoms with Gasteiger partial charge in [-0.15, -0.1) is 0 Å². The quantitative estimate of drug-likeness (QED) is 0.812. The fraction of sp³-hybridized carbons (Fsp3) is 0.682. The molecule has 0 spiro atoms. The summed E-state index contributed by atoms with van der Waals surface area (Å²) in [4.78, 5) is 12.9. The van der Waals surface area contributed by atoms with Crippen molar-refractivity contribution in [1.82, 2.24) is 9.62 Å². The number of rotatable bonds is 5. The molecule has 1 saturated heterocycles. The largest absolute Gasteiger partial charge is 0.349 e. The first-order valence-corrected chi connectivity index (χ1v) is 12.3. The van der Waals surface area contributed by atoms with Crippen molar-refractivity contribution in [2.24, 2.45) is 17.8 Å². The monoisotopic (exact) mass is 404 g/mol. The van der Waals surface area contributed by atoms with Gasteiger partial charge in [0.15, 0.2) is 0 Å². The minimum absolute atomic E-state index is 0.103. The molecule has 1 aromatic carbocycles. The minimum atomic E-state index is -3.47. The van der Waals surface area contributed by atoms with Gasteiger partial charge in [-0.1, -0.05) is 19.3 Å². The maximum atomic E-state index is 12.9. The Bertz CT molecular complexity index is 798. The normalized spacial score (nSPS) is 29.4. The van der Waals surface area contributed by atoms with Gasteiger partial charge in [0.1, 0.15) is 0 Å². The number of amides is 1. The van der Waals surface area contributed by atoms with Crippen LogP contribution in [-0.2, 0) is 10.0 Å². The Hall–Kier alpha value is -1.40. The number of carbonyl (C=O) groups is 1. The van der Waals surface area contributed by atoms with Crippen molar-refractivity contribution in [3.63, 3.8) is 0 Å². The lowest BCUT2D eigenvalue weighted by molar-refractivity contribution is 0.0915. The highest BCUT2D eigenvalue weighted by Crippen LogP contribution is 2.49. The number of nitrogens with one attached hydrogen (secondary N) is 1. The van der Waals surface area contributed by atoms with Gasteiger partial charge in [-0.25, -0.2) is 8.42 Å². The molecular formula is C22H32N2O3S. The summed E-state index contributed by atoms with van der Waals surface area (Å²) in [5, 5.41) is 3.15. The maximum Gasteiger partial charge on any atom is 0.251 e. The average molecular weight is 405 g/mol. The molecule has 1 heterocycles. The summed E-state index contributed by atoms with van der Waals surface area (Å²) in [6.45, 7) is 3.29. The Kier molecular flexibility index (Phi) is 5.79. The Morgan fingerprint density at radius 1 is 1.04 bits per heavy atom. The van der Waals surface area contributed by atoms with Crippen molar-refractivity contribution in [3.8, 4) is 0 Å². The summed E-state index contributed by atoms with van der Waals surface area (Å²) in [5.74, 6) is 2.11. The van der Waals surface area contributed by atoms with Crippen LogP contribution >= 0.6 is 0 Å². The van der Waals surface area contributed by atoms with Gasteiger partial charge in [-0.3, -0.25) is 4.79 Å². The van der Waals surface area contributed by atoms with Crippen LogP contribution in [0.3, 0.4) is 0 Å². The Morgan fingerprint density at radius 2 is 1.71 bits per heavy atom. The number of carbonyl (C=O) groups excluding carboxylic acids is 1. The molecule has 1 aromatic rings. The molecule has 1 aliphatic heterocycles. The first-order valence-electron chi connectivity index (χ1n) is 10.9. The molecule has 3 aliphatic rings. The molecule has 2 bridgehead atoms. The lowest BCUT2D eigenvalue weighted by Crippen LogP contribution is -2.40. The Morgan fingerprint density at radius 3 is 2.29 bits per heavy atom. The molecular weight excluding hydrogens is 372 g/mol. The zero-order valence-corrected chi connectivity index (χ0v) is 17.6. The van der Waals surface area contributed by atoms with Crippen LogP contribution in [0, 0.1) is 17.8 Å². The molecule has 4 rings (SSSR count). The molecule has 3 fully saturated rings. The molecule has 28 heavy (non-hydrogen) atoms. The van der Waals surface area contributed by atoms with Crippen molar-refractivity contribution in [1.29, 1.82) is 0 Å². The third kappa shape index (κ3) is 3.99. The maximum absolute atomic E-state index is 12.9. The molecule has 4 atom stereocenters. The van der Waals surface area contributed by atoms with Gasteiger partial charge in [0.2, 0.25) is 10.0 Å². The highest BCUT2D eigenvalue weighted by Gasteiger charge is 2.42. The van der Waals surface area contributed by atoms with E-state index in [9.17, 15) is 13.2 Å². The number of nitrogens with zero attached hydrogens (tertiary/aromatic N) is 1. The van der Waals surface area contributed by atoms with Gasteiger partial charge < -0.3 is 5.32 Å². The molecule has 5 nitrogen and oxygen atoms in total. The molecule has 0 aromatic heterocycles. The molecule has 1 N–H and O–H groups in total. The summed E-state index contributed by atoms with van der Waals surface area (Å²) < 4.78 is 27.3. The molecule has 2 aliphatic carbocycles. The predicted molar refractivity (Wildman–Crippen MR) is 110 cm³/mol. The van der Waals surface area contributed by atoms with Gasteiger partial charge in [0, 0.05) is 24.7 Å². The van der Waals surface area contributed by atoms with Crippen LogP contribution < -0.4 is 5.32 Å². The third-order valence-electron chi connectivity index (χ3n) is 7.11. The van der Waals surface area contributed by atoms with E-state index in [4.69, 9.17) is 0 Å². The van der Waals surface area contributed by atoms with E-state index in [2.05, 4.69) is 12.2 Å². The summed E-state index contributed by atoms with van der Waals surface area (Å²) in [7, 11) is -3.47. The van der Waals surface area contributed by atoms with E-state index in [0.717, 1.165) is 37.5 Å². The van der Waals surface area contributed by atoms with Gasteiger partial charge in [0.05, 0.1) is 4.90 Å². The molecule has 154 valence electrons. The number of fused-ring (bicyclic) bond motifs is 2. The Labute approximate surface area is 168 Å². The highest BCUT2D eigenvalue weighted by molar-refractivity contribution is 7.89. The fourth-order valence-electron chi connectivity index (χ4n) is 5.51. The van der Waals surface area contributed by atoms with E-state index in [1.165, 1.54) is 25.7 Å². The summed E-state index contributed by atoms with van der Waals surface area (Å²) in [6, 6.07) is 6.62. The lowest BCUT2D eigenvalue weighted by atomic mass is 9.84. The van der Waals surface area contributed by atoms with Crippen molar-refractivity contribution in [3.05, 3.63) is 29.8 Å². The minimum Gasteiger partial charge on any atom is -0.349 e. The average Bonchev–Trinajstić information content (AvgIpc) is 3.22. The zero-order valence-electron chi connectivity index (χ0n) is 16.8. The van der Waals surface area contributed by atoms with Gasteiger partial charge >= 0.3 is 0 Å². The van der Waals surface area contributed by atoms with E-state index in [1.807, 2.05) is 0 Å². The van der Waals surface area contributed by atoms with Crippen LogP contribution in [0.4, 0.5) is 0 Å². The third-order valence-corrected chi connectivity index (χ3v) is 9.03. The van der Waals surface area contributed by atoms with Crippen molar-refractivity contribution < 1.29 is 13.2 Å². The Balaban J connectivity index is 1.40. The summed E-state index contributed by atoms with van der Waals surface area (Å²) in [5.41, 5.74) is 0.532. The zero-order chi connectivity index (χ0) is 19.7. The van der Waals surface area contributed by atoms with E-state index in [0.29, 0.717) is 24.6 Å². The SMILES string of the molecule is C[C@@H](NC(=O)c1ccc(S(=O)(=O)N2CCCCCC2)cc1)[C@H]1C[C@H]2CC[C@H]1C2. The van der Waals surface area contributed by atoms with Crippen LogP contribution in [0.5, 0.6) is 0 Å². The van der Waals surface area contributed by atoms with Crippen molar-refractivity contribution >= 4 is 15.9 Å². The highest BCUT2D eigenvalue weighted by atomic mass is 32.2. The van der Waals surface area contributed by atoms with Crippen molar-refractivity contribution in [2.45, 2.75) is 69.2 Å². The van der Waals surface area contributed by atoms with Crippen molar-refractivity contribution in [2.75, 3.05) is 13.1 Å². The van der Waals surface area contributed by atoms with E-state index >= 15 is 0 Å². The van der Waals surface area contributed by atoms with Gasteiger partial charge in [-0.05, 0) is 81.0 Å². The first-order chi connectivity index (χ1) is 13.4. The van der Waals surface area contributed by atoms with Crippen LogP contribution in [0.1, 0.15) is 68.6 Å². The van der Waals surface area contributed by atoms with Gasteiger partial charge in [-0.2, -0.15) is 4.31 Å². The standard InChI is InChI=1S/C22H32N2O3S/c1-16(21-15-17-6-7-19(21)14-17)23-22(25)18-8-10-20(11-9-18)28(26,27)24-12-4-2-3-5-13-24/h8-11,16-17,19,21H,2-7,12-15H2,1H3,(H,23,25)/t16-,17+,19+,21-/m1/s1. The first kappa shape index (κ1) is 19.9. The second-order valence-corrected chi connectivity index (χ2v) is 10.9. The predicted octanol–water partition coefficient (Wildman–Crippen LogP) is 3.81. The summed E-state index contributed by atoms with van der Waals surface area (Å²) in [6.07, 6.45) is 9.24. The molecule has 6 heteroatoms.